The molecular formula is C12H20N4O. The lowest BCUT2D eigenvalue weighted by Crippen LogP contribution is -2.50. The Balaban J connectivity index is 1.89. The third-order valence-electron chi connectivity index (χ3n) is 3.26. The first-order chi connectivity index (χ1) is 8.16. The zero-order chi connectivity index (χ0) is 12.3. The van der Waals surface area contributed by atoms with Gasteiger partial charge in [-0.25, -0.2) is 0 Å². The molecule has 2 rings (SSSR count). The summed E-state index contributed by atoms with van der Waals surface area (Å²) in [6, 6.07) is 2.26. The fourth-order valence-corrected chi connectivity index (χ4v) is 2.22. The molecule has 0 bridgehead atoms. The molecule has 0 spiro atoms. The van der Waals surface area contributed by atoms with E-state index >= 15 is 0 Å². The first-order valence-corrected chi connectivity index (χ1v) is 6.20. The zero-order valence-electron chi connectivity index (χ0n) is 10.4. The summed E-state index contributed by atoms with van der Waals surface area (Å²) in [6.07, 6.45) is 5.38. The topological polar surface area (TPSA) is 59.0 Å². The molecule has 5 nitrogen and oxygen atoms in total. The molecule has 2 heterocycles. The van der Waals surface area contributed by atoms with Crippen LogP contribution in [0.25, 0.3) is 0 Å². The van der Waals surface area contributed by atoms with Crippen LogP contribution in [0.4, 0.5) is 0 Å². The number of piperidine rings is 1. The normalized spacial score (nSPS) is 22.1. The molecule has 2 N–H and O–H groups in total. The average molecular weight is 236 g/mol. The molecule has 0 aliphatic carbocycles. The summed E-state index contributed by atoms with van der Waals surface area (Å²) in [6.45, 7) is 3.10. The van der Waals surface area contributed by atoms with Crippen molar-refractivity contribution in [2.45, 2.75) is 38.3 Å². The quantitative estimate of drug-likeness (QED) is 0.811. The third-order valence-corrected chi connectivity index (χ3v) is 3.26. The van der Waals surface area contributed by atoms with Gasteiger partial charge in [0.2, 0.25) is 0 Å². The molecule has 1 aliphatic heterocycles. The maximum atomic E-state index is 11.9. The first kappa shape index (κ1) is 12.1. The molecule has 0 saturated carbocycles. The van der Waals surface area contributed by atoms with Gasteiger partial charge in [-0.15, -0.1) is 0 Å². The van der Waals surface area contributed by atoms with Crippen LogP contribution in [-0.2, 0) is 7.05 Å². The standard InChI is InChI=1S/C12H20N4O/c1-9(10-5-3-4-7-13-10)14-12(17)11-6-8-16(2)15-11/h6,8-10,13H,3-5,7H2,1-2H3,(H,14,17). The summed E-state index contributed by atoms with van der Waals surface area (Å²) in [5.74, 6) is -0.0922. The fourth-order valence-electron chi connectivity index (χ4n) is 2.22. The van der Waals surface area contributed by atoms with E-state index < -0.39 is 0 Å². The summed E-state index contributed by atoms with van der Waals surface area (Å²) < 4.78 is 1.64. The van der Waals surface area contributed by atoms with E-state index in [2.05, 4.69) is 15.7 Å². The molecule has 0 radical (unpaired) electrons. The molecule has 17 heavy (non-hydrogen) atoms. The molecule has 2 unspecified atom stereocenters. The number of hydrogen-bond acceptors (Lipinski definition) is 3. The predicted octanol–water partition coefficient (Wildman–Crippen LogP) is 0.680. The van der Waals surface area contributed by atoms with Crippen LogP contribution < -0.4 is 10.6 Å². The summed E-state index contributed by atoms with van der Waals surface area (Å²) in [4.78, 5) is 11.9. The van der Waals surface area contributed by atoms with Crippen LogP contribution in [0.5, 0.6) is 0 Å². The molecule has 1 saturated heterocycles. The minimum absolute atomic E-state index is 0.0922. The van der Waals surface area contributed by atoms with Gasteiger partial charge in [-0.2, -0.15) is 5.10 Å². The van der Waals surface area contributed by atoms with Crippen molar-refractivity contribution < 1.29 is 4.79 Å². The van der Waals surface area contributed by atoms with Gasteiger partial charge < -0.3 is 10.6 Å². The monoisotopic (exact) mass is 236 g/mol. The van der Waals surface area contributed by atoms with Gasteiger partial charge in [-0.3, -0.25) is 9.48 Å². The van der Waals surface area contributed by atoms with Gasteiger partial charge in [0, 0.05) is 25.3 Å². The number of aryl methyl sites for hydroxylation is 1. The number of aromatic nitrogens is 2. The lowest BCUT2D eigenvalue weighted by atomic mass is 9.99. The second-order valence-electron chi connectivity index (χ2n) is 4.69. The first-order valence-electron chi connectivity index (χ1n) is 6.20. The van der Waals surface area contributed by atoms with Crippen molar-refractivity contribution in [1.29, 1.82) is 0 Å². The van der Waals surface area contributed by atoms with Crippen LogP contribution in [0.3, 0.4) is 0 Å². The van der Waals surface area contributed by atoms with Gasteiger partial charge in [-0.05, 0) is 32.4 Å². The predicted molar refractivity (Wildman–Crippen MR) is 65.8 cm³/mol. The average Bonchev–Trinajstić information content (AvgIpc) is 2.77. The second kappa shape index (κ2) is 5.31. The lowest BCUT2D eigenvalue weighted by Gasteiger charge is -2.29. The largest absolute Gasteiger partial charge is 0.347 e. The summed E-state index contributed by atoms with van der Waals surface area (Å²) in [7, 11) is 1.81. The van der Waals surface area contributed by atoms with E-state index in [0.29, 0.717) is 11.7 Å². The van der Waals surface area contributed by atoms with Gasteiger partial charge >= 0.3 is 0 Å². The highest BCUT2D eigenvalue weighted by molar-refractivity contribution is 5.92. The Morgan fingerprint density at radius 3 is 3.06 bits per heavy atom. The minimum Gasteiger partial charge on any atom is -0.347 e. The van der Waals surface area contributed by atoms with Gasteiger partial charge in [0.15, 0.2) is 0 Å². The van der Waals surface area contributed by atoms with Crippen molar-refractivity contribution in [3.05, 3.63) is 18.0 Å². The van der Waals surface area contributed by atoms with E-state index in [1.807, 2.05) is 14.0 Å². The van der Waals surface area contributed by atoms with Gasteiger partial charge in [-0.1, -0.05) is 6.42 Å². The SMILES string of the molecule is CC(NC(=O)c1ccn(C)n1)C1CCCCN1. The van der Waals surface area contributed by atoms with Crippen molar-refractivity contribution in [3.8, 4) is 0 Å². The highest BCUT2D eigenvalue weighted by Crippen LogP contribution is 2.10. The number of amides is 1. The lowest BCUT2D eigenvalue weighted by molar-refractivity contribution is 0.0922. The highest BCUT2D eigenvalue weighted by atomic mass is 16.2. The Morgan fingerprint density at radius 1 is 1.65 bits per heavy atom. The van der Waals surface area contributed by atoms with Crippen LogP contribution in [0.15, 0.2) is 12.3 Å². The number of carbonyl (C=O) groups is 1. The molecular weight excluding hydrogens is 216 g/mol. The third kappa shape index (κ3) is 3.06. The maximum absolute atomic E-state index is 11.9. The summed E-state index contributed by atoms with van der Waals surface area (Å²) >= 11 is 0. The maximum Gasteiger partial charge on any atom is 0.272 e. The van der Waals surface area contributed by atoms with Crippen molar-refractivity contribution in [2.24, 2.45) is 7.05 Å². The second-order valence-corrected chi connectivity index (χ2v) is 4.69. The molecule has 5 heteroatoms. The Labute approximate surface area is 102 Å². The van der Waals surface area contributed by atoms with Crippen LogP contribution in [0, 0.1) is 0 Å². The number of nitrogens with one attached hydrogen (secondary N) is 2. The van der Waals surface area contributed by atoms with E-state index in [0.717, 1.165) is 13.0 Å². The smallest absolute Gasteiger partial charge is 0.272 e. The number of rotatable bonds is 3. The molecule has 2 atom stereocenters. The van der Waals surface area contributed by atoms with Crippen LogP contribution in [-0.4, -0.2) is 34.3 Å². The molecule has 1 aromatic heterocycles. The van der Waals surface area contributed by atoms with E-state index in [1.165, 1.54) is 12.8 Å². The van der Waals surface area contributed by atoms with Gasteiger partial charge in [0.1, 0.15) is 5.69 Å². The van der Waals surface area contributed by atoms with Crippen LogP contribution in [0.2, 0.25) is 0 Å². The fraction of sp³-hybridized carbons (Fsp3) is 0.667. The Kier molecular flexibility index (Phi) is 3.78. The van der Waals surface area contributed by atoms with Gasteiger partial charge in [0.25, 0.3) is 5.91 Å². The van der Waals surface area contributed by atoms with Crippen molar-refractivity contribution >= 4 is 5.91 Å². The van der Waals surface area contributed by atoms with E-state index in [-0.39, 0.29) is 11.9 Å². The minimum atomic E-state index is -0.0922. The molecule has 94 valence electrons. The number of nitrogens with zero attached hydrogens (tertiary/aromatic N) is 2. The Bertz CT molecular complexity index is 382. The molecule has 0 aromatic carbocycles. The molecule has 1 aliphatic rings. The van der Waals surface area contributed by atoms with E-state index in [9.17, 15) is 4.79 Å². The number of carbonyl (C=O) groups excluding carboxylic acids is 1. The van der Waals surface area contributed by atoms with Crippen molar-refractivity contribution in [1.82, 2.24) is 20.4 Å². The molecule has 1 amide bonds. The molecule has 1 fully saturated rings. The van der Waals surface area contributed by atoms with E-state index in [1.54, 1.807) is 16.9 Å². The summed E-state index contributed by atoms with van der Waals surface area (Å²) in [5.41, 5.74) is 0.482. The number of hydrogen-bond donors (Lipinski definition) is 2. The summed E-state index contributed by atoms with van der Waals surface area (Å²) in [5, 5.41) is 10.5. The van der Waals surface area contributed by atoms with E-state index in [4.69, 9.17) is 0 Å². The Hall–Kier alpha value is -1.36. The van der Waals surface area contributed by atoms with Gasteiger partial charge in [0.05, 0.1) is 0 Å². The van der Waals surface area contributed by atoms with Crippen LogP contribution in [0.1, 0.15) is 36.7 Å². The van der Waals surface area contributed by atoms with Crippen LogP contribution >= 0.6 is 0 Å². The van der Waals surface area contributed by atoms with Crippen molar-refractivity contribution in [3.63, 3.8) is 0 Å². The zero-order valence-corrected chi connectivity index (χ0v) is 10.4. The van der Waals surface area contributed by atoms with Crippen molar-refractivity contribution in [2.75, 3.05) is 6.54 Å². The Morgan fingerprint density at radius 2 is 2.47 bits per heavy atom. The highest BCUT2D eigenvalue weighted by Gasteiger charge is 2.21. The molecule has 1 aromatic rings.